The molecule has 0 saturated heterocycles. The van der Waals surface area contributed by atoms with Crippen LogP contribution in [0.5, 0.6) is 5.75 Å². The minimum atomic E-state index is -0.512. The average molecular weight is 294 g/mol. The van der Waals surface area contributed by atoms with E-state index in [1.807, 2.05) is 11.4 Å². The van der Waals surface area contributed by atoms with Crippen LogP contribution in [-0.4, -0.2) is 7.11 Å². The van der Waals surface area contributed by atoms with Crippen LogP contribution in [0.25, 0.3) is 10.6 Å². The number of rotatable bonds is 3. The van der Waals surface area contributed by atoms with Gasteiger partial charge in [0.25, 0.3) is 0 Å². The van der Waals surface area contributed by atoms with E-state index in [1.165, 1.54) is 30.6 Å². The third kappa shape index (κ3) is 2.78. The fraction of sp³-hybridized carbons (Fsp3) is 0.0714. The number of nitrogens with zero attached hydrogens (tertiary/aromatic N) is 1. The molecular formula is C14H9ClFNOS. The number of hydrogen-bond donors (Lipinski definition) is 0. The van der Waals surface area contributed by atoms with Gasteiger partial charge in [0.2, 0.25) is 0 Å². The Morgan fingerprint density at radius 1 is 1.42 bits per heavy atom. The topological polar surface area (TPSA) is 33.0 Å². The monoisotopic (exact) mass is 293 g/mol. The van der Waals surface area contributed by atoms with Crippen LogP contribution >= 0.6 is 22.9 Å². The fourth-order valence-corrected chi connectivity index (χ4v) is 2.62. The van der Waals surface area contributed by atoms with E-state index in [1.54, 1.807) is 12.1 Å². The SMILES string of the molecule is COc1ccc(C(Cl)=C(C#N)c2cccs2)cc1F. The first-order chi connectivity index (χ1) is 9.17. The Morgan fingerprint density at radius 3 is 2.74 bits per heavy atom. The van der Waals surface area contributed by atoms with Crippen LogP contribution in [0.4, 0.5) is 4.39 Å². The minimum Gasteiger partial charge on any atom is -0.494 e. The van der Waals surface area contributed by atoms with Gasteiger partial charge in [-0.15, -0.1) is 11.3 Å². The number of ether oxygens (including phenoxy) is 1. The van der Waals surface area contributed by atoms with E-state index in [0.717, 1.165) is 4.88 Å². The number of thiophene rings is 1. The van der Waals surface area contributed by atoms with Gasteiger partial charge in [0.05, 0.1) is 17.7 Å². The summed E-state index contributed by atoms with van der Waals surface area (Å²) in [6.45, 7) is 0. The normalized spacial score (nSPS) is 11.7. The highest BCUT2D eigenvalue weighted by molar-refractivity contribution is 7.11. The first-order valence-corrected chi connectivity index (χ1v) is 6.60. The van der Waals surface area contributed by atoms with Gasteiger partial charge in [0.15, 0.2) is 11.6 Å². The van der Waals surface area contributed by atoms with Gasteiger partial charge in [-0.05, 0) is 35.2 Å². The Labute approximate surface area is 119 Å². The highest BCUT2D eigenvalue weighted by Gasteiger charge is 2.12. The van der Waals surface area contributed by atoms with E-state index in [4.69, 9.17) is 16.3 Å². The Kier molecular flexibility index (Phi) is 4.20. The van der Waals surface area contributed by atoms with Crippen LogP contribution in [0.3, 0.4) is 0 Å². The van der Waals surface area contributed by atoms with E-state index >= 15 is 0 Å². The Hall–Kier alpha value is -1.83. The lowest BCUT2D eigenvalue weighted by Crippen LogP contribution is -1.90. The third-order valence-electron chi connectivity index (χ3n) is 2.50. The van der Waals surface area contributed by atoms with Crippen LogP contribution in [0.15, 0.2) is 35.7 Å². The molecule has 2 rings (SSSR count). The quantitative estimate of drug-likeness (QED) is 0.779. The van der Waals surface area contributed by atoms with Crippen molar-refractivity contribution in [2.45, 2.75) is 0 Å². The zero-order chi connectivity index (χ0) is 13.8. The number of halogens is 2. The zero-order valence-electron chi connectivity index (χ0n) is 9.98. The summed E-state index contributed by atoms with van der Waals surface area (Å²) in [6.07, 6.45) is 0. The lowest BCUT2D eigenvalue weighted by molar-refractivity contribution is 0.386. The molecule has 0 aliphatic rings. The van der Waals surface area contributed by atoms with Gasteiger partial charge in [0.1, 0.15) is 6.07 Å². The molecule has 0 amide bonds. The van der Waals surface area contributed by atoms with Crippen LogP contribution in [0.2, 0.25) is 0 Å². The summed E-state index contributed by atoms with van der Waals surface area (Å²) < 4.78 is 18.5. The molecule has 0 unspecified atom stereocenters. The second kappa shape index (κ2) is 5.87. The van der Waals surface area contributed by atoms with Gasteiger partial charge >= 0.3 is 0 Å². The number of methoxy groups -OCH3 is 1. The summed E-state index contributed by atoms with van der Waals surface area (Å²) in [4.78, 5) is 0.753. The van der Waals surface area contributed by atoms with Crippen molar-refractivity contribution in [3.05, 3.63) is 52.0 Å². The fourth-order valence-electron chi connectivity index (χ4n) is 1.58. The van der Waals surface area contributed by atoms with Crippen LogP contribution < -0.4 is 4.74 Å². The van der Waals surface area contributed by atoms with Gasteiger partial charge in [-0.2, -0.15) is 5.26 Å². The smallest absolute Gasteiger partial charge is 0.165 e. The highest BCUT2D eigenvalue weighted by atomic mass is 35.5. The molecule has 5 heteroatoms. The lowest BCUT2D eigenvalue weighted by atomic mass is 10.1. The number of nitriles is 1. The summed E-state index contributed by atoms with van der Waals surface area (Å²) in [6, 6.07) is 10.0. The Bertz CT molecular complexity index is 659. The van der Waals surface area contributed by atoms with E-state index in [2.05, 4.69) is 6.07 Å². The molecule has 1 heterocycles. The molecule has 0 bridgehead atoms. The number of benzene rings is 1. The van der Waals surface area contributed by atoms with Crippen LogP contribution in [-0.2, 0) is 0 Å². The second-order valence-electron chi connectivity index (χ2n) is 3.63. The summed E-state index contributed by atoms with van der Waals surface area (Å²) in [5.74, 6) is -0.371. The molecular weight excluding hydrogens is 285 g/mol. The van der Waals surface area contributed by atoms with Crippen molar-refractivity contribution in [3.8, 4) is 11.8 Å². The predicted molar refractivity (Wildman–Crippen MR) is 75.6 cm³/mol. The number of hydrogen-bond acceptors (Lipinski definition) is 3. The van der Waals surface area contributed by atoms with Gasteiger partial charge in [0, 0.05) is 4.88 Å². The molecule has 0 spiro atoms. The van der Waals surface area contributed by atoms with E-state index in [0.29, 0.717) is 11.1 Å². The standard InChI is InChI=1S/C14H9ClFNOS/c1-18-12-5-4-9(7-11(12)16)14(15)10(8-17)13-3-2-6-19-13/h2-7H,1H3. The van der Waals surface area contributed by atoms with E-state index in [9.17, 15) is 9.65 Å². The van der Waals surface area contributed by atoms with Gasteiger partial charge in [-0.25, -0.2) is 4.39 Å². The zero-order valence-corrected chi connectivity index (χ0v) is 11.6. The molecule has 0 aliphatic carbocycles. The maximum absolute atomic E-state index is 13.6. The minimum absolute atomic E-state index is 0.142. The molecule has 96 valence electrons. The largest absolute Gasteiger partial charge is 0.494 e. The van der Waals surface area contributed by atoms with Crippen molar-refractivity contribution in [1.29, 1.82) is 5.26 Å². The first-order valence-electron chi connectivity index (χ1n) is 5.35. The van der Waals surface area contributed by atoms with Crippen LogP contribution in [0.1, 0.15) is 10.4 Å². The molecule has 0 aliphatic heterocycles. The van der Waals surface area contributed by atoms with Gasteiger partial charge < -0.3 is 4.74 Å². The Balaban J connectivity index is 2.51. The van der Waals surface area contributed by atoms with Crippen molar-refractivity contribution in [1.82, 2.24) is 0 Å². The first kappa shape index (κ1) is 13.6. The molecule has 0 atom stereocenters. The predicted octanol–water partition coefficient (Wildman–Crippen LogP) is 4.53. The van der Waals surface area contributed by atoms with Gasteiger partial charge in [-0.1, -0.05) is 17.7 Å². The van der Waals surface area contributed by atoms with Crippen molar-refractivity contribution in [3.63, 3.8) is 0 Å². The summed E-state index contributed by atoms with van der Waals surface area (Å²) in [5, 5.41) is 11.3. The maximum atomic E-state index is 13.6. The van der Waals surface area contributed by atoms with Crippen molar-refractivity contribution in [2.24, 2.45) is 0 Å². The summed E-state index contributed by atoms with van der Waals surface area (Å²) in [7, 11) is 1.39. The molecule has 1 aromatic heterocycles. The summed E-state index contributed by atoms with van der Waals surface area (Å²) >= 11 is 7.59. The Morgan fingerprint density at radius 2 is 2.21 bits per heavy atom. The molecule has 2 nitrogen and oxygen atoms in total. The molecule has 2 aromatic rings. The number of allylic oxidation sites excluding steroid dienone is 1. The maximum Gasteiger partial charge on any atom is 0.165 e. The molecule has 1 aromatic carbocycles. The third-order valence-corrected chi connectivity index (χ3v) is 3.80. The molecule has 0 saturated carbocycles. The second-order valence-corrected chi connectivity index (χ2v) is 4.95. The van der Waals surface area contributed by atoms with Crippen molar-refractivity contribution in [2.75, 3.05) is 7.11 Å². The van der Waals surface area contributed by atoms with E-state index in [-0.39, 0.29) is 10.8 Å². The molecule has 0 fully saturated rings. The van der Waals surface area contributed by atoms with Gasteiger partial charge in [-0.3, -0.25) is 0 Å². The molecule has 0 N–H and O–H groups in total. The highest BCUT2D eigenvalue weighted by Crippen LogP contribution is 2.33. The molecule has 0 radical (unpaired) electrons. The van der Waals surface area contributed by atoms with E-state index < -0.39 is 5.82 Å². The lowest BCUT2D eigenvalue weighted by Gasteiger charge is -2.06. The van der Waals surface area contributed by atoms with Crippen molar-refractivity contribution >= 4 is 33.5 Å². The summed E-state index contributed by atoms with van der Waals surface area (Å²) in [5.41, 5.74) is 0.783. The van der Waals surface area contributed by atoms with Crippen molar-refractivity contribution < 1.29 is 9.13 Å². The molecule has 19 heavy (non-hydrogen) atoms. The average Bonchev–Trinajstić information content (AvgIpc) is 2.93. The van der Waals surface area contributed by atoms with Crippen LogP contribution in [0, 0.1) is 17.1 Å².